The van der Waals surface area contributed by atoms with Gasteiger partial charge in [-0.25, -0.2) is 0 Å². The molecule has 0 bridgehead atoms. The smallest absolute Gasteiger partial charge is 0.385 e. The second-order valence-corrected chi connectivity index (χ2v) is 7.63. The van der Waals surface area contributed by atoms with Crippen molar-refractivity contribution < 1.29 is 18.3 Å². The molecule has 0 aromatic heterocycles. The zero-order chi connectivity index (χ0) is 20.5. The molecule has 29 heavy (non-hydrogen) atoms. The molecule has 0 heterocycles. The van der Waals surface area contributed by atoms with Crippen molar-refractivity contribution in [3.63, 3.8) is 0 Å². The highest BCUT2D eigenvalue weighted by molar-refractivity contribution is 5.55. The summed E-state index contributed by atoms with van der Waals surface area (Å²) in [5.41, 5.74) is 0.953. The fraction of sp³-hybridized carbons (Fsp3) is 0.250. The summed E-state index contributed by atoms with van der Waals surface area (Å²) in [5.74, 6) is 0. The summed E-state index contributed by atoms with van der Waals surface area (Å²) in [7, 11) is 0. The number of aliphatic hydroxyl groups is 1. The number of hydrogen-bond acceptors (Lipinski definition) is 2. The average molecular weight is 397 g/mol. The van der Waals surface area contributed by atoms with E-state index in [4.69, 9.17) is 0 Å². The molecule has 2 nitrogen and oxygen atoms in total. The van der Waals surface area contributed by atoms with E-state index in [1.165, 1.54) is 6.07 Å². The third-order valence-corrected chi connectivity index (χ3v) is 5.30. The van der Waals surface area contributed by atoms with Crippen LogP contribution in [0.2, 0.25) is 0 Å². The summed E-state index contributed by atoms with van der Waals surface area (Å²) in [6.07, 6.45) is -3.49. The zero-order valence-electron chi connectivity index (χ0n) is 15.9. The Hall–Kier alpha value is -2.79. The third-order valence-electron chi connectivity index (χ3n) is 5.30. The van der Waals surface area contributed by atoms with Gasteiger partial charge in [0, 0.05) is 18.8 Å². The van der Waals surface area contributed by atoms with E-state index >= 15 is 0 Å². The van der Waals surface area contributed by atoms with E-state index in [1.54, 1.807) is 6.07 Å². The van der Waals surface area contributed by atoms with Crippen molar-refractivity contribution in [3.05, 3.63) is 101 Å². The SMILES string of the molecule is OC1(c2cc(N(Cc3ccccc3)Cc3ccccc3)cc(C(F)(F)F)c2)CC1. The molecule has 4 rings (SSSR count). The maximum atomic E-state index is 13.6. The van der Waals surface area contributed by atoms with Gasteiger partial charge in [0.25, 0.3) is 0 Å². The Balaban J connectivity index is 1.76. The maximum Gasteiger partial charge on any atom is 0.416 e. The average Bonchev–Trinajstić information content (AvgIpc) is 3.47. The molecule has 0 spiro atoms. The van der Waals surface area contributed by atoms with Gasteiger partial charge in [0.2, 0.25) is 0 Å². The second-order valence-electron chi connectivity index (χ2n) is 7.63. The Labute approximate surface area is 168 Å². The van der Waals surface area contributed by atoms with Gasteiger partial charge < -0.3 is 10.0 Å². The largest absolute Gasteiger partial charge is 0.416 e. The molecule has 0 atom stereocenters. The van der Waals surface area contributed by atoms with Crippen molar-refractivity contribution in [3.8, 4) is 0 Å². The van der Waals surface area contributed by atoms with E-state index in [0.29, 0.717) is 37.2 Å². The molecule has 1 saturated carbocycles. The van der Waals surface area contributed by atoms with Crippen LogP contribution < -0.4 is 4.90 Å². The lowest BCUT2D eigenvalue weighted by atomic mass is 10.0. The number of alkyl halides is 3. The fourth-order valence-corrected chi connectivity index (χ4v) is 3.48. The molecular formula is C24H22F3NO. The van der Waals surface area contributed by atoms with Crippen molar-refractivity contribution in [2.24, 2.45) is 0 Å². The van der Waals surface area contributed by atoms with Crippen molar-refractivity contribution in [2.45, 2.75) is 37.7 Å². The Morgan fingerprint density at radius 1 is 0.793 bits per heavy atom. The van der Waals surface area contributed by atoms with Gasteiger partial charge in [0.15, 0.2) is 0 Å². The van der Waals surface area contributed by atoms with Crippen molar-refractivity contribution in [2.75, 3.05) is 4.90 Å². The van der Waals surface area contributed by atoms with Crippen LogP contribution >= 0.6 is 0 Å². The summed E-state index contributed by atoms with van der Waals surface area (Å²) in [6.45, 7) is 0.934. The number of anilines is 1. The van der Waals surface area contributed by atoms with Gasteiger partial charge in [-0.1, -0.05) is 60.7 Å². The van der Waals surface area contributed by atoms with Crippen LogP contribution in [0.4, 0.5) is 18.9 Å². The summed E-state index contributed by atoms with van der Waals surface area (Å²) in [6, 6.07) is 23.3. The number of rotatable bonds is 6. The zero-order valence-corrected chi connectivity index (χ0v) is 15.9. The molecule has 0 saturated heterocycles. The van der Waals surface area contributed by atoms with Crippen LogP contribution in [0.25, 0.3) is 0 Å². The van der Waals surface area contributed by atoms with Crippen LogP contribution in [0, 0.1) is 0 Å². The second kappa shape index (κ2) is 7.56. The minimum absolute atomic E-state index is 0.341. The standard InChI is InChI=1S/C24H22F3NO/c25-24(26,27)21-13-20(23(29)11-12-23)14-22(15-21)28(16-18-7-3-1-4-8-18)17-19-9-5-2-6-10-19/h1-10,13-15,29H,11-12,16-17H2. The minimum atomic E-state index is -4.47. The first-order valence-electron chi connectivity index (χ1n) is 9.61. The highest BCUT2D eigenvalue weighted by atomic mass is 19.4. The molecule has 0 amide bonds. The number of hydrogen-bond donors (Lipinski definition) is 1. The normalized spacial score (nSPS) is 15.2. The van der Waals surface area contributed by atoms with E-state index in [1.807, 2.05) is 65.6 Å². The van der Waals surface area contributed by atoms with Crippen LogP contribution in [-0.4, -0.2) is 5.11 Å². The molecule has 5 heteroatoms. The number of halogens is 3. The predicted molar refractivity (Wildman–Crippen MR) is 107 cm³/mol. The lowest BCUT2D eigenvalue weighted by molar-refractivity contribution is -0.137. The number of nitrogens with zero attached hydrogens (tertiary/aromatic N) is 1. The molecular weight excluding hydrogens is 375 g/mol. The molecule has 1 aliphatic carbocycles. The van der Waals surface area contributed by atoms with Gasteiger partial charge in [0.05, 0.1) is 11.2 Å². The predicted octanol–water partition coefficient (Wildman–Crippen LogP) is 5.89. The van der Waals surface area contributed by atoms with Crippen LogP contribution in [0.3, 0.4) is 0 Å². The van der Waals surface area contributed by atoms with E-state index < -0.39 is 17.3 Å². The van der Waals surface area contributed by atoms with Gasteiger partial charge in [-0.2, -0.15) is 13.2 Å². The summed E-state index contributed by atoms with van der Waals surface area (Å²) in [4.78, 5) is 1.93. The Kier molecular flexibility index (Phi) is 5.09. The summed E-state index contributed by atoms with van der Waals surface area (Å²) in [5, 5.41) is 10.5. The number of benzene rings is 3. The molecule has 0 radical (unpaired) electrons. The van der Waals surface area contributed by atoms with Crippen molar-refractivity contribution in [1.29, 1.82) is 0 Å². The topological polar surface area (TPSA) is 23.5 Å². The molecule has 1 fully saturated rings. The first kappa shape index (κ1) is 19.5. The van der Waals surface area contributed by atoms with E-state index in [2.05, 4.69) is 0 Å². The van der Waals surface area contributed by atoms with Gasteiger partial charge >= 0.3 is 6.18 Å². The fourth-order valence-electron chi connectivity index (χ4n) is 3.48. The highest BCUT2D eigenvalue weighted by Gasteiger charge is 2.44. The lowest BCUT2D eigenvalue weighted by Crippen LogP contribution is -2.23. The van der Waals surface area contributed by atoms with Gasteiger partial charge in [0.1, 0.15) is 0 Å². The monoisotopic (exact) mass is 397 g/mol. The van der Waals surface area contributed by atoms with Crippen LogP contribution in [0.15, 0.2) is 78.9 Å². The molecule has 0 unspecified atom stereocenters. The molecule has 1 N–H and O–H groups in total. The first-order valence-corrected chi connectivity index (χ1v) is 9.61. The Bertz CT molecular complexity index is 901. The molecule has 3 aromatic carbocycles. The molecule has 3 aromatic rings. The van der Waals surface area contributed by atoms with Crippen molar-refractivity contribution >= 4 is 5.69 Å². The highest BCUT2D eigenvalue weighted by Crippen LogP contribution is 2.47. The van der Waals surface area contributed by atoms with Crippen LogP contribution in [0.1, 0.15) is 35.1 Å². The van der Waals surface area contributed by atoms with Crippen molar-refractivity contribution in [1.82, 2.24) is 0 Å². The quantitative estimate of drug-likeness (QED) is 0.560. The van der Waals surface area contributed by atoms with Crippen LogP contribution in [0.5, 0.6) is 0 Å². The van der Waals surface area contributed by atoms with Gasteiger partial charge in [-0.15, -0.1) is 0 Å². The molecule has 150 valence electrons. The van der Waals surface area contributed by atoms with E-state index in [9.17, 15) is 18.3 Å². The Morgan fingerprint density at radius 2 is 1.31 bits per heavy atom. The maximum absolute atomic E-state index is 13.6. The van der Waals surface area contributed by atoms with Gasteiger partial charge in [-0.05, 0) is 47.7 Å². The third kappa shape index (κ3) is 4.62. The summed E-state index contributed by atoms with van der Waals surface area (Å²) >= 11 is 0. The molecule has 1 aliphatic rings. The lowest BCUT2D eigenvalue weighted by Gasteiger charge is -2.27. The minimum Gasteiger partial charge on any atom is -0.385 e. The van der Waals surface area contributed by atoms with E-state index in [0.717, 1.165) is 17.2 Å². The van der Waals surface area contributed by atoms with E-state index in [-0.39, 0.29) is 0 Å². The first-order chi connectivity index (χ1) is 13.8. The molecule has 0 aliphatic heterocycles. The van der Waals surface area contributed by atoms with Crippen LogP contribution in [-0.2, 0) is 24.9 Å². The Morgan fingerprint density at radius 3 is 1.76 bits per heavy atom. The van der Waals surface area contributed by atoms with Gasteiger partial charge in [-0.3, -0.25) is 0 Å². The summed E-state index contributed by atoms with van der Waals surface area (Å²) < 4.78 is 40.7.